The Hall–Kier alpha value is -3.44. The van der Waals surface area contributed by atoms with Gasteiger partial charge in [0.25, 0.3) is 0 Å². The average Bonchev–Trinajstić information content (AvgIpc) is 3.17. The van der Waals surface area contributed by atoms with Crippen molar-refractivity contribution in [3.05, 3.63) is 85.8 Å². The largest absolute Gasteiger partial charge is 0.444 e. The third-order valence-electron chi connectivity index (χ3n) is 5.01. The minimum Gasteiger partial charge on any atom is -0.444 e. The molecule has 4 rings (SSSR count). The Labute approximate surface area is 164 Å². The smallest absolute Gasteiger partial charge is 0.324 e. The molecule has 0 bridgehead atoms. The quantitative estimate of drug-likeness (QED) is 0.624. The van der Waals surface area contributed by atoms with E-state index in [-0.39, 0.29) is 34.6 Å². The highest BCUT2D eigenvalue weighted by Gasteiger charge is 2.41. The summed E-state index contributed by atoms with van der Waals surface area (Å²) >= 11 is 0.942. The summed E-state index contributed by atoms with van der Waals surface area (Å²) in [7, 11) is 0. The Morgan fingerprint density at radius 1 is 1.21 bits per heavy atom. The van der Waals surface area contributed by atoms with Gasteiger partial charge in [-0.1, -0.05) is 41.7 Å². The number of benzene rings is 1. The second-order valence-electron chi connectivity index (χ2n) is 6.63. The van der Waals surface area contributed by atoms with Crippen LogP contribution >= 0.6 is 11.3 Å². The molecule has 1 aromatic heterocycles. The maximum absolute atomic E-state index is 13.1. The van der Waals surface area contributed by atoms with Gasteiger partial charge in [-0.15, -0.1) is 0 Å². The highest BCUT2D eigenvalue weighted by Crippen LogP contribution is 2.48. The predicted octanol–water partition coefficient (Wildman–Crippen LogP) is 3.86. The fraction of sp³-hybridized carbons (Fsp3) is 0.200. The van der Waals surface area contributed by atoms with Gasteiger partial charge in [0.15, 0.2) is 5.78 Å². The molecular weight excluding hydrogens is 378 g/mol. The number of nitrogens with zero attached hydrogens (tertiary/aromatic N) is 2. The lowest BCUT2D eigenvalue weighted by Gasteiger charge is -2.33. The molecule has 2 aliphatic rings. The van der Waals surface area contributed by atoms with E-state index in [2.05, 4.69) is 0 Å². The Balaban J connectivity index is 1.78. The zero-order valence-corrected chi connectivity index (χ0v) is 15.4. The molecule has 0 unspecified atom stereocenters. The molecule has 28 heavy (non-hydrogen) atoms. The zero-order valence-electron chi connectivity index (χ0n) is 14.6. The van der Waals surface area contributed by atoms with E-state index in [1.807, 2.05) is 36.4 Å². The van der Waals surface area contributed by atoms with Crippen LogP contribution in [0.4, 0.5) is 5.00 Å². The molecule has 1 aromatic carbocycles. The second-order valence-corrected chi connectivity index (χ2v) is 7.73. The van der Waals surface area contributed by atoms with Crippen LogP contribution in [0.2, 0.25) is 0 Å². The maximum atomic E-state index is 13.1. The van der Waals surface area contributed by atoms with Gasteiger partial charge in [0, 0.05) is 29.4 Å². The number of carbonyl (C=O) groups is 1. The number of ether oxygens (including phenoxy) is 1. The summed E-state index contributed by atoms with van der Waals surface area (Å²) in [4.78, 5) is 24.2. The van der Waals surface area contributed by atoms with Crippen LogP contribution in [0.15, 0.2) is 65.3 Å². The van der Waals surface area contributed by atoms with Crippen LogP contribution in [-0.2, 0) is 9.53 Å². The highest BCUT2D eigenvalue weighted by atomic mass is 32.1. The standard InChI is InChI=1S/C20H15N3O4S/c21-10-13-18(16-6-7-17(28-16)23(25)26)19-14(24)8-12(9-15(19)27-20(13)22)11-4-2-1-3-5-11/h1-7,12,18H,8-9,22H2/t12-,18-/m0/s1. The molecule has 7 nitrogen and oxygen atoms in total. The van der Waals surface area contributed by atoms with E-state index in [0.717, 1.165) is 16.9 Å². The third-order valence-corrected chi connectivity index (χ3v) is 6.11. The predicted molar refractivity (Wildman–Crippen MR) is 102 cm³/mol. The van der Waals surface area contributed by atoms with Crippen molar-refractivity contribution in [1.29, 1.82) is 5.26 Å². The molecule has 2 atom stereocenters. The number of Topliss-reactive ketones (excluding diaryl/α,β-unsaturated/α-hetero) is 1. The molecule has 0 amide bonds. The second kappa shape index (κ2) is 6.94. The minimum atomic E-state index is -0.725. The van der Waals surface area contributed by atoms with Gasteiger partial charge in [-0.05, 0) is 17.5 Å². The number of rotatable bonds is 3. The van der Waals surface area contributed by atoms with Crippen LogP contribution in [0.5, 0.6) is 0 Å². The molecule has 8 heteroatoms. The first kappa shape index (κ1) is 17.9. The third kappa shape index (κ3) is 2.96. The van der Waals surface area contributed by atoms with Crippen LogP contribution < -0.4 is 5.73 Å². The van der Waals surface area contributed by atoms with Gasteiger partial charge in [0.05, 0.1) is 10.8 Å². The molecule has 1 aliphatic heterocycles. The summed E-state index contributed by atoms with van der Waals surface area (Å²) in [6.45, 7) is 0. The summed E-state index contributed by atoms with van der Waals surface area (Å²) in [5.74, 6) is -0.498. The van der Waals surface area contributed by atoms with E-state index in [4.69, 9.17) is 10.5 Å². The fourth-order valence-corrected chi connectivity index (χ4v) is 4.69. The van der Waals surface area contributed by atoms with E-state index in [1.165, 1.54) is 6.07 Å². The molecule has 140 valence electrons. The molecular formula is C20H15N3O4S. The van der Waals surface area contributed by atoms with Crippen molar-refractivity contribution in [3.8, 4) is 6.07 Å². The van der Waals surface area contributed by atoms with Crippen LogP contribution in [0.25, 0.3) is 0 Å². The monoisotopic (exact) mass is 393 g/mol. The van der Waals surface area contributed by atoms with Crippen molar-refractivity contribution in [3.63, 3.8) is 0 Å². The SMILES string of the molecule is N#CC1=C(N)OC2=C(C(=O)C[C@H](c3ccccc3)C2)[C@@H]1c1ccc([N+](=O)[O-])s1. The van der Waals surface area contributed by atoms with Crippen molar-refractivity contribution in [2.45, 2.75) is 24.7 Å². The Bertz CT molecular complexity index is 1080. The van der Waals surface area contributed by atoms with Gasteiger partial charge >= 0.3 is 5.00 Å². The highest BCUT2D eigenvalue weighted by molar-refractivity contribution is 7.15. The van der Waals surface area contributed by atoms with Crippen LogP contribution in [0.3, 0.4) is 0 Å². The molecule has 0 fully saturated rings. The van der Waals surface area contributed by atoms with E-state index in [9.17, 15) is 20.2 Å². The van der Waals surface area contributed by atoms with Crippen molar-refractivity contribution >= 4 is 22.1 Å². The Kier molecular flexibility index (Phi) is 4.45. The number of carbonyl (C=O) groups excluding carboxylic acids is 1. The number of ketones is 1. The van der Waals surface area contributed by atoms with Gasteiger partial charge < -0.3 is 10.5 Å². The molecule has 1 aliphatic carbocycles. The van der Waals surface area contributed by atoms with E-state index < -0.39 is 10.8 Å². The molecule has 2 N–H and O–H groups in total. The first-order valence-corrected chi connectivity index (χ1v) is 9.44. The van der Waals surface area contributed by atoms with Gasteiger partial charge in [-0.25, -0.2) is 0 Å². The molecule has 0 saturated carbocycles. The van der Waals surface area contributed by atoms with E-state index in [0.29, 0.717) is 22.6 Å². The number of nitriles is 1. The summed E-state index contributed by atoms with van der Waals surface area (Å²) in [6, 6.07) is 14.6. The fourth-order valence-electron chi connectivity index (χ4n) is 3.75. The summed E-state index contributed by atoms with van der Waals surface area (Å²) in [5, 5.41) is 20.6. The number of nitrogens with two attached hydrogens (primary N) is 1. The van der Waals surface area contributed by atoms with Crippen LogP contribution in [0, 0.1) is 21.4 Å². The van der Waals surface area contributed by atoms with Gasteiger partial charge in [0.1, 0.15) is 17.4 Å². The normalized spacial score (nSPS) is 21.8. The van der Waals surface area contributed by atoms with Crippen molar-refractivity contribution in [1.82, 2.24) is 0 Å². The molecule has 2 aromatic rings. The topological polar surface area (TPSA) is 119 Å². The molecule has 0 radical (unpaired) electrons. The molecule has 0 saturated heterocycles. The lowest BCUT2D eigenvalue weighted by molar-refractivity contribution is -0.380. The number of hydrogen-bond donors (Lipinski definition) is 1. The van der Waals surface area contributed by atoms with E-state index >= 15 is 0 Å². The number of nitro groups is 1. The summed E-state index contributed by atoms with van der Waals surface area (Å²) in [6.07, 6.45) is 0.767. The average molecular weight is 393 g/mol. The number of allylic oxidation sites excluding steroid dienone is 3. The first-order chi connectivity index (χ1) is 13.5. The first-order valence-electron chi connectivity index (χ1n) is 8.62. The molecule has 2 heterocycles. The lowest BCUT2D eigenvalue weighted by atomic mass is 9.75. The van der Waals surface area contributed by atoms with Gasteiger partial charge in [-0.3, -0.25) is 14.9 Å². The summed E-state index contributed by atoms with van der Waals surface area (Å²) < 4.78 is 5.69. The van der Waals surface area contributed by atoms with Gasteiger partial charge in [0.2, 0.25) is 5.88 Å². The maximum Gasteiger partial charge on any atom is 0.324 e. The van der Waals surface area contributed by atoms with Gasteiger partial charge in [-0.2, -0.15) is 5.26 Å². The Morgan fingerprint density at radius 3 is 2.61 bits per heavy atom. The van der Waals surface area contributed by atoms with Crippen molar-refractivity contribution in [2.24, 2.45) is 5.73 Å². The van der Waals surface area contributed by atoms with Crippen LogP contribution in [0.1, 0.15) is 35.1 Å². The minimum absolute atomic E-state index is 0.0396. The Morgan fingerprint density at radius 2 is 1.96 bits per heavy atom. The van der Waals surface area contributed by atoms with Crippen LogP contribution in [-0.4, -0.2) is 10.7 Å². The lowest BCUT2D eigenvalue weighted by Crippen LogP contribution is -2.29. The van der Waals surface area contributed by atoms with E-state index in [1.54, 1.807) is 6.07 Å². The van der Waals surface area contributed by atoms with Crippen molar-refractivity contribution < 1.29 is 14.5 Å². The van der Waals surface area contributed by atoms with Crippen molar-refractivity contribution in [2.75, 3.05) is 0 Å². The summed E-state index contributed by atoms with van der Waals surface area (Å²) in [5.41, 5.74) is 7.51. The number of thiophene rings is 1. The number of hydrogen-bond acceptors (Lipinski definition) is 7. The zero-order chi connectivity index (χ0) is 19.8. The molecule has 0 spiro atoms.